The van der Waals surface area contributed by atoms with Gasteiger partial charge in [-0.3, -0.25) is 9.78 Å². The van der Waals surface area contributed by atoms with Crippen LogP contribution in [0.25, 0.3) is 11.4 Å². The number of ether oxygens (including phenoxy) is 1. The van der Waals surface area contributed by atoms with Gasteiger partial charge in [0.1, 0.15) is 5.75 Å². The molecule has 3 heterocycles. The van der Waals surface area contributed by atoms with E-state index < -0.39 is 0 Å². The Morgan fingerprint density at radius 1 is 1.15 bits per heavy atom. The summed E-state index contributed by atoms with van der Waals surface area (Å²) in [4.78, 5) is 27.4. The fourth-order valence-electron chi connectivity index (χ4n) is 3.07. The van der Waals surface area contributed by atoms with Crippen molar-refractivity contribution in [2.75, 3.05) is 13.7 Å². The van der Waals surface area contributed by atoms with Gasteiger partial charge in [0, 0.05) is 36.9 Å². The second-order valence-corrected chi connectivity index (χ2v) is 6.12. The van der Waals surface area contributed by atoms with E-state index in [-0.39, 0.29) is 11.9 Å². The summed E-state index contributed by atoms with van der Waals surface area (Å²) in [6, 6.07) is 11.6. The van der Waals surface area contributed by atoms with E-state index in [1.165, 1.54) is 0 Å². The lowest BCUT2D eigenvalue weighted by atomic mass is 9.94. The average molecular weight is 346 g/mol. The molecule has 3 aromatic rings. The molecule has 1 atom stereocenters. The summed E-state index contributed by atoms with van der Waals surface area (Å²) in [7, 11) is 1.64. The van der Waals surface area contributed by atoms with Gasteiger partial charge in [-0.2, -0.15) is 0 Å². The third-order valence-electron chi connectivity index (χ3n) is 4.58. The Balaban J connectivity index is 1.52. The van der Waals surface area contributed by atoms with Crippen LogP contribution in [0.3, 0.4) is 0 Å². The van der Waals surface area contributed by atoms with Gasteiger partial charge >= 0.3 is 0 Å². The summed E-state index contributed by atoms with van der Waals surface area (Å²) >= 11 is 0. The van der Waals surface area contributed by atoms with Crippen LogP contribution in [-0.4, -0.2) is 39.4 Å². The maximum atomic E-state index is 12.8. The highest BCUT2D eigenvalue weighted by atomic mass is 16.5. The second-order valence-electron chi connectivity index (χ2n) is 6.12. The Hall–Kier alpha value is -3.28. The van der Waals surface area contributed by atoms with Crippen molar-refractivity contribution in [2.45, 2.75) is 12.5 Å². The van der Waals surface area contributed by atoms with Crippen LogP contribution in [0.1, 0.15) is 28.4 Å². The van der Waals surface area contributed by atoms with Crippen LogP contribution < -0.4 is 4.74 Å². The molecular weight excluding hydrogens is 328 g/mol. The minimum Gasteiger partial charge on any atom is -0.497 e. The van der Waals surface area contributed by atoms with E-state index >= 15 is 0 Å². The van der Waals surface area contributed by atoms with Crippen LogP contribution in [-0.2, 0) is 0 Å². The Bertz CT molecular complexity index is 913. The summed E-state index contributed by atoms with van der Waals surface area (Å²) in [5.74, 6) is 1.30. The average Bonchev–Trinajstić information content (AvgIpc) is 2.68. The minimum absolute atomic E-state index is 0.0539. The predicted molar refractivity (Wildman–Crippen MR) is 96.7 cm³/mol. The molecule has 1 saturated heterocycles. The number of aromatic nitrogens is 3. The minimum atomic E-state index is -0.0539. The van der Waals surface area contributed by atoms with E-state index in [0.29, 0.717) is 11.4 Å². The number of carbonyl (C=O) groups excluding carboxylic acids is 1. The SMILES string of the molecule is COc1cccc(C2CCN2C(=O)c2cnc(-c3cccnc3)nc2)c1. The fraction of sp³-hybridized carbons (Fsp3) is 0.200. The molecule has 130 valence electrons. The molecule has 0 N–H and O–H groups in total. The lowest BCUT2D eigenvalue weighted by Crippen LogP contribution is -2.45. The summed E-state index contributed by atoms with van der Waals surface area (Å²) in [6.07, 6.45) is 7.50. The molecule has 1 amide bonds. The molecular formula is C20H18N4O2. The van der Waals surface area contributed by atoms with Gasteiger partial charge in [-0.25, -0.2) is 9.97 Å². The molecule has 1 aliphatic rings. The molecule has 1 fully saturated rings. The molecule has 26 heavy (non-hydrogen) atoms. The zero-order valence-corrected chi connectivity index (χ0v) is 14.4. The fourth-order valence-corrected chi connectivity index (χ4v) is 3.07. The second kappa shape index (κ2) is 6.92. The number of methoxy groups -OCH3 is 1. The highest BCUT2D eigenvalue weighted by Gasteiger charge is 2.34. The summed E-state index contributed by atoms with van der Waals surface area (Å²) < 4.78 is 5.28. The van der Waals surface area contributed by atoms with E-state index in [2.05, 4.69) is 15.0 Å². The van der Waals surface area contributed by atoms with Gasteiger partial charge in [0.2, 0.25) is 0 Å². The molecule has 6 heteroatoms. The van der Waals surface area contributed by atoms with Crippen molar-refractivity contribution in [3.05, 3.63) is 72.3 Å². The first-order valence-corrected chi connectivity index (χ1v) is 8.43. The number of nitrogens with zero attached hydrogens (tertiary/aromatic N) is 4. The van der Waals surface area contributed by atoms with Crippen molar-refractivity contribution in [3.63, 3.8) is 0 Å². The maximum Gasteiger partial charge on any atom is 0.257 e. The Morgan fingerprint density at radius 3 is 2.65 bits per heavy atom. The van der Waals surface area contributed by atoms with Crippen LogP contribution in [0.2, 0.25) is 0 Å². The van der Waals surface area contributed by atoms with E-state index in [4.69, 9.17) is 4.74 Å². The normalized spacial score (nSPS) is 16.0. The zero-order chi connectivity index (χ0) is 17.9. The first-order valence-electron chi connectivity index (χ1n) is 8.43. The van der Waals surface area contributed by atoms with Crippen molar-refractivity contribution in [1.29, 1.82) is 0 Å². The Kier molecular flexibility index (Phi) is 4.31. The molecule has 4 rings (SSSR count). The van der Waals surface area contributed by atoms with E-state index in [1.54, 1.807) is 31.9 Å². The van der Waals surface area contributed by atoms with E-state index in [0.717, 1.165) is 29.8 Å². The topological polar surface area (TPSA) is 68.2 Å². The molecule has 0 spiro atoms. The predicted octanol–water partition coefficient (Wildman–Crippen LogP) is 3.13. The first kappa shape index (κ1) is 16.2. The molecule has 0 bridgehead atoms. The molecule has 1 aromatic carbocycles. The molecule has 2 aromatic heterocycles. The third-order valence-corrected chi connectivity index (χ3v) is 4.58. The van der Waals surface area contributed by atoms with Gasteiger partial charge in [-0.1, -0.05) is 12.1 Å². The van der Waals surface area contributed by atoms with Gasteiger partial charge in [0.15, 0.2) is 5.82 Å². The standard InChI is InChI=1S/C20H18N4O2/c1-26-17-6-2-4-14(10-17)18-7-9-24(18)20(25)16-12-22-19(23-13-16)15-5-3-8-21-11-15/h2-6,8,10-13,18H,7,9H2,1H3. The van der Waals surface area contributed by atoms with Crippen molar-refractivity contribution in [1.82, 2.24) is 19.9 Å². The molecule has 1 unspecified atom stereocenters. The Morgan fingerprint density at radius 2 is 2.00 bits per heavy atom. The molecule has 0 saturated carbocycles. The number of likely N-dealkylation sites (tertiary alicyclic amines) is 1. The van der Waals surface area contributed by atoms with Crippen LogP contribution in [0.5, 0.6) is 5.75 Å². The van der Waals surface area contributed by atoms with E-state index in [1.807, 2.05) is 41.3 Å². The highest BCUT2D eigenvalue weighted by molar-refractivity contribution is 5.94. The van der Waals surface area contributed by atoms with Gasteiger partial charge in [-0.15, -0.1) is 0 Å². The third kappa shape index (κ3) is 3.01. The Labute approximate surface area is 151 Å². The number of amides is 1. The van der Waals surface area contributed by atoms with Crippen molar-refractivity contribution in [3.8, 4) is 17.1 Å². The molecule has 0 aliphatic carbocycles. The van der Waals surface area contributed by atoms with Crippen LogP contribution >= 0.6 is 0 Å². The van der Waals surface area contributed by atoms with Gasteiger partial charge in [0.05, 0.1) is 18.7 Å². The number of carbonyl (C=O) groups is 1. The van der Waals surface area contributed by atoms with Gasteiger partial charge in [0.25, 0.3) is 5.91 Å². The summed E-state index contributed by atoms with van der Waals surface area (Å²) in [5.41, 5.74) is 2.40. The lowest BCUT2D eigenvalue weighted by molar-refractivity contribution is 0.0459. The largest absolute Gasteiger partial charge is 0.497 e. The molecule has 6 nitrogen and oxygen atoms in total. The number of hydrogen-bond donors (Lipinski definition) is 0. The number of rotatable bonds is 4. The van der Waals surface area contributed by atoms with Crippen molar-refractivity contribution >= 4 is 5.91 Å². The van der Waals surface area contributed by atoms with Crippen LogP contribution in [0, 0.1) is 0 Å². The maximum absolute atomic E-state index is 12.8. The summed E-state index contributed by atoms with van der Waals surface area (Å²) in [6.45, 7) is 0.727. The number of pyridine rings is 1. The monoisotopic (exact) mass is 346 g/mol. The quantitative estimate of drug-likeness (QED) is 0.726. The zero-order valence-electron chi connectivity index (χ0n) is 14.4. The molecule has 1 aliphatic heterocycles. The molecule has 0 radical (unpaired) electrons. The van der Waals surface area contributed by atoms with Crippen LogP contribution in [0.15, 0.2) is 61.2 Å². The lowest BCUT2D eigenvalue weighted by Gasteiger charge is -2.41. The number of hydrogen-bond acceptors (Lipinski definition) is 5. The van der Waals surface area contributed by atoms with Crippen molar-refractivity contribution < 1.29 is 9.53 Å². The van der Waals surface area contributed by atoms with Crippen molar-refractivity contribution in [2.24, 2.45) is 0 Å². The van der Waals surface area contributed by atoms with Gasteiger partial charge in [-0.05, 0) is 36.2 Å². The highest BCUT2D eigenvalue weighted by Crippen LogP contribution is 2.35. The number of benzene rings is 1. The van der Waals surface area contributed by atoms with Gasteiger partial charge < -0.3 is 9.64 Å². The van der Waals surface area contributed by atoms with Crippen LogP contribution in [0.4, 0.5) is 0 Å². The summed E-state index contributed by atoms with van der Waals surface area (Å²) in [5, 5.41) is 0. The van der Waals surface area contributed by atoms with E-state index in [9.17, 15) is 4.79 Å². The smallest absolute Gasteiger partial charge is 0.257 e. The first-order chi connectivity index (χ1) is 12.8.